The maximum Gasteiger partial charge on any atom is 0.261 e. The lowest BCUT2D eigenvalue weighted by molar-refractivity contribution is 0.601. The van der Waals surface area contributed by atoms with E-state index in [9.17, 15) is 8.42 Å². The predicted molar refractivity (Wildman–Crippen MR) is 76.2 cm³/mol. The van der Waals surface area contributed by atoms with Crippen LogP contribution in [0.15, 0.2) is 41.6 Å². The molecule has 0 bridgehead atoms. The Kier molecular flexibility index (Phi) is 3.99. The van der Waals surface area contributed by atoms with E-state index in [-0.39, 0.29) is 9.92 Å². The highest BCUT2D eigenvalue weighted by atomic mass is 35.5. The first kappa shape index (κ1) is 14.1. The fraction of sp³-hybridized carbons (Fsp3) is 0.0833. The van der Waals surface area contributed by atoms with E-state index < -0.39 is 10.0 Å². The molecule has 100 valence electrons. The SMILES string of the molecule is Cc1cncc(NS(=O)(=O)c2ccc(Cl)c(Cl)c2)c1. The van der Waals surface area contributed by atoms with Gasteiger partial charge in [0.25, 0.3) is 10.0 Å². The molecule has 1 N–H and O–H groups in total. The van der Waals surface area contributed by atoms with Gasteiger partial charge in [0.2, 0.25) is 0 Å². The number of sulfonamides is 1. The van der Waals surface area contributed by atoms with Gasteiger partial charge in [-0.1, -0.05) is 23.2 Å². The third kappa shape index (κ3) is 3.37. The maximum absolute atomic E-state index is 12.1. The molecule has 0 aliphatic carbocycles. The fourth-order valence-electron chi connectivity index (χ4n) is 1.47. The quantitative estimate of drug-likeness (QED) is 0.942. The van der Waals surface area contributed by atoms with E-state index in [2.05, 4.69) is 9.71 Å². The lowest BCUT2D eigenvalue weighted by atomic mass is 10.3. The summed E-state index contributed by atoms with van der Waals surface area (Å²) in [6.07, 6.45) is 3.07. The van der Waals surface area contributed by atoms with Gasteiger partial charge in [0, 0.05) is 6.20 Å². The Bertz CT molecular complexity index is 717. The first-order valence-electron chi connectivity index (χ1n) is 5.28. The minimum Gasteiger partial charge on any atom is -0.278 e. The molecule has 2 aromatic rings. The molecule has 19 heavy (non-hydrogen) atoms. The van der Waals surface area contributed by atoms with Crippen molar-refractivity contribution in [1.29, 1.82) is 0 Å². The van der Waals surface area contributed by atoms with Gasteiger partial charge < -0.3 is 0 Å². The van der Waals surface area contributed by atoms with Crippen LogP contribution < -0.4 is 4.72 Å². The summed E-state index contributed by atoms with van der Waals surface area (Å²) in [5.74, 6) is 0. The zero-order valence-corrected chi connectivity index (χ0v) is 12.2. The molecule has 0 saturated heterocycles. The number of hydrogen-bond acceptors (Lipinski definition) is 3. The number of benzene rings is 1. The highest BCUT2D eigenvalue weighted by molar-refractivity contribution is 7.92. The second kappa shape index (κ2) is 5.36. The number of pyridine rings is 1. The second-order valence-electron chi connectivity index (χ2n) is 3.93. The van der Waals surface area contributed by atoms with Gasteiger partial charge in [0.15, 0.2) is 0 Å². The van der Waals surface area contributed by atoms with Crippen molar-refractivity contribution < 1.29 is 8.42 Å². The highest BCUT2D eigenvalue weighted by Crippen LogP contribution is 2.25. The molecule has 4 nitrogen and oxygen atoms in total. The van der Waals surface area contributed by atoms with Crippen LogP contribution in [-0.2, 0) is 10.0 Å². The van der Waals surface area contributed by atoms with Crippen molar-refractivity contribution in [3.05, 3.63) is 52.3 Å². The highest BCUT2D eigenvalue weighted by Gasteiger charge is 2.15. The number of aromatic nitrogens is 1. The average molecular weight is 317 g/mol. The number of aryl methyl sites for hydroxylation is 1. The Morgan fingerprint density at radius 3 is 2.47 bits per heavy atom. The minimum atomic E-state index is -3.70. The summed E-state index contributed by atoms with van der Waals surface area (Å²) in [4.78, 5) is 3.96. The number of hydrogen-bond donors (Lipinski definition) is 1. The molecule has 1 heterocycles. The third-order valence-electron chi connectivity index (χ3n) is 2.33. The molecule has 0 atom stereocenters. The Labute approximate surface area is 121 Å². The minimum absolute atomic E-state index is 0.0448. The zero-order valence-electron chi connectivity index (χ0n) is 9.89. The van der Waals surface area contributed by atoms with Gasteiger partial charge in [-0.3, -0.25) is 9.71 Å². The van der Waals surface area contributed by atoms with E-state index in [0.29, 0.717) is 10.7 Å². The van der Waals surface area contributed by atoms with Crippen LogP contribution in [0.1, 0.15) is 5.56 Å². The summed E-state index contributed by atoms with van der Waals surface area (Å²) < 4.78 is 26.7. The fourth-order valence-corrected chi connectivity index (χ4v) is 2.89. The summed E-state index contributed by atoms with van der Waals surface area (Å²) in [6.45, 7) is 1.82. The van der Waals surface area contributed by atoms with Crippen molar-refractivity contribution in [3.8, 4) is 0 Å². The molecule has 0 aliphatic heterocycles. The summed E-state index contributed by atoms with van der Waals surface area (Å²) >= 11 is 11.6. The van der Waals surface area contributed by atoms with Gasteiger partial charge in [0.1, 0.15) is 0 Å². The standard InChI is InChI=1S/C12H10Cl2N2O2S/c1-8-4-9(7-15-6-8)16-19(17,18)10-2-3-11(13)12(14)5-10/h2-7,16H,1H3. The van der Waals surface area contributed by atoms with Crippen molar-refractivity contribution >= 4 is 38.9 Å². The van der Waals surface area contributed by atoms with Gasteiger partial charge in [-0.15, -0.1) is 0 Å². The summed E-state index contributed by atoms with van der Waals surface area (Å²) in [5, 5.41) is 0.491. The Hall–Kier alpha value is -1.30. The molecule has 0 saturated carbocycles. The van der Waals surface area contributed by atoms with Gasteiger partial charge in [-0.25, -0.2) is 8.42 Å². The van der Waals surface area contributed by atoms with E-state index in [4.69, 9.17) is 23.2 Å². The van der Waals surface area contributed by atoms with E-state index in [1.54, 1.807) is 12.3 Å². The number of nitrogens with one attached hydrogen (secondary N) is 1. The lowest BCUT2D eigenvalue weighted by Crippen LogP contribution is -2.13. The van der Waals surface area contributed by atoms with Crippen LogP contribution in [0.5, 0.6) is 0 Å². The normalized spacial score (nSPS) is 11.3. The van der Waals surface area contributed by atoms with Crippen LogP contribution in [0.3, 0.4) is 0 Å². The molecular weight excluding hydrogens is 307 g/mol. The molecule has 0 aliphatic rings. The Balaban J connectivity index is 2.35. The average Bonchev–Trinajstić information content (AvgIpc) is 2.32. The predicted octanol–water partition coefficient (Wildman–Crippen LogP) is 3.50. The van der Waals surface area contributed by atoms with Crippen molar-refractivity contribution in [1.82, 2.24) is 4.98 Å². The van der Waals surface area contributed by atoms with E-state index >= 15 is 0 Å². The topological polar surface area (TPSA) is 59.1 Å². The van der Waals surface area contributed by atoms with Crippen LogP contribution in [0.25, 0.3) is 0 Å². The van der Waals surface area contributed by atoms with Gasteiger partial charge in [-0.2, -0.15) is 0 Å². The van der Waals surface area contributed by atoms with Gasteiger partial charge in [0.05, 0.1) is 26.8 Å². The number of nitrogens with zero attached hydrogens (tertiary/aromatic N) is 1. The smallest absolute Gasteiger partial charge is 0.261 e. The van der Waals surface area contributed by atoms with Crippen molar-refractivity contribution in [2.45, 2.75) is 11.8 Å². The van der Waals surface area contributed by atoms with Gasteiger partial charge >= 0.3 is 0 Å². The molecule has 1 aromatic heterocycles. The lowest BCUT2D eigenvalue weighted by Gasteiger charge is -2.08. The van der Waals surface area contributed by atoms with E-state index in [1.807, 2.05) is 6.92 Å². The maximum atomic E-state index is 12.1. The largest absolute Gasteiger partial charge is 0.278 e. The molecule has 0 unspecified atom stereocenters. The monoisotopic (exact) mass is 316 g/mol. The molecular formula is C12H10Cl2N2O2S. The van der Waals surface area contributed by atoms with E-state index in [0.717, 1.165) is 5.56 Å². The zero-order chi connectivity index (χ0) is 14.0. The second-order valence-corrected chi connectivity index (χ2v) is 6.43. The molecule has 0 fully saturated rings. The summed E-state index contributed by atoms with van der Waals surface area (Å²) in [5.41, 5.74) is 1.25. The first-order valence-corrected chi connectivity index (χ1v) is 7.52. The van der Waals surface area contributed by atoms with Crippen LogP contribution in [0.2, 0.25) is 10.0 Å². The van der Waals surface area contributed by atoms with Gasteiger partial charge in [-0.05, 0) is 36.8 Å². The molecule has 0 radical (unpaired) electrons. The van der Waals surface area contributed by atoms with Crippen LogP contribution >= 0.6 is 23.2 Å². The molecule has 1 aromatic carbocycles. The summed E-state index contributed by atoms with van der Waals surface area (Å²) in [7, 11) is -3.70. The Morgan fingerprint density at radius 2 is 1.84 bits per heavy atom. The molecule has 0 spiro atoms. The first-order chi connectivity index (χ1) is 8.88. The summed E-state index contributed by atoms with van der Waals surface area (Å²) in [6, 6.07) is 5.81. The number of anilines is 1. The van der Waals surface area contributed by atoms with E-state index in [1.165, 1.54) is 24.4 Å². The van der Waals surface area contributed by atoms with Crippen molar-refractivity contribution in [2.24, 2.45) is 0 Å². The number of halogens is 2. The van der Waals surface area contributed by atoms with Crippen molar-refractivity contribution in [2.75, 3.05) is 4.72 Å². The van der Waals surface area contributed by atoms with Crippen LogP contribution in [0, 0.1) is 6.92 Å². The van der Waals surface area contributed by atoms with Crippen LogP contribution in [0.4, 0.5) is 5.69 Å². The Morgan fingerprint density at radius 1 is 1.11 bits per heavy atom. The molecule has 7 heteroatoms. The van der Waals surface area contributed by atoms with Crippen LogP contribution in [-0.4, -0.2) is 13.4 Å². The third-order valence-corrected chi connectivity index (χ3v) is 4.45. The molecule has 2 rings (SSSR count). The number of rotatable bonds is 3. The molecule has 0 amide bonds. The van der Waals surface area contributed by atoms with Crippen molar-refractivity contribution in [3.63, 3.8) is 0 Å².